The zero-order valence-corrected chi connectivity index (χ0v) is 12.1. The lowest BCUT2D eigenvalue weighted by atomic mass is 10.2. The van der Waals surface area contributed by atoms with Gasteiger partial charge in [0.05, 0.1) is 19.3 Å². The second kappa shape index (κ2) is 7.53. The fourth-order valence-corrected chi connectivity index (χ4v) is 3.11. The number of quaternary nitrogens is 1. The van der Waals surface area contributed by atoms with Crippen molar-refractivity contribution in [2.75, 3.05) is 31.1 Å². The molecule has 1 aromatic rings. The quantitative estimate of drug-likeness (QED) is 0.625. The van der Waals surface area contributed by atoms with E-state index in [0.717, 1.165) is 30.2 Å². The summed E-state index contributed by atoms with van der Waals surface area (Å²) in [4.78, 5) is 13.0. The van der Waals surface area contributed by atoms with Crippen molar-refractivity contribution in [2.24, 2.45) is 5.10 Å². The normalized spacial score (nSPS) is 16.7. The van der Waals surface area contributed by atoms with Gasteiger partial charge in [-0.15, -0.1) is 0 Å². The Bertz CT molecular complexity index is 461. The molecule has 0 spiro atoms. The van der Waals surface area contributed by atoms with Crippen molar-refractivity contribution >= 4 is 35.5 Å². The number of carbonyl (C=O) groups excluding carboxylic acids is 1. The highest BCUT2D eigenvalue weighted by Gasteiger charge is 2.16. The Morgan fingerprint density at radius 1 is 1.42 bits per heavy atom. The van der Waals surface area contributed by atoms with Gasteiger partial charge in [0.25, 0.3) is 5.91 Å². The average molecular weight is 299 g/mol. The molecule has 0 unspecified atom stereocenters. The molecule has 4 nitrogen and oxygen atoms in total. The van der Waals surface area contributed by atoms with Crippen LogP contribution in [0.15, 0.2) is 29.4 Å². The number of rotatable bonds is 4. The molecule has 0 aliphatic carbocycles. The Kier molecular flexibility index (Phi) is 5.69. The van der Waals surface area contributed by atoms with Gasteiger partial charge in [-0.3, -0.25) is 4.79 Å². The van der Waals surface area contributed by atoms with Gasteiger partial charge in [-0.05, 0) is 6.07 Å². The summed E-state index contributed by atoms with van der Waals surface area (Å²) in [5.41, 5.74) is 3.35. The molecule has 0 saturated carbocycles. The minimum absolute atomic E-state index is 0.0507. The van der Waals surface area contributed by atoms with E-state index in [2.05, 4.69) is 10.5 Å². The molecule has 2 N–H and O–H groups in total. The highest BCUT2D eigenvalue weighted by atomic mass is 35.5. The molecule has 6 heteroatoms. The van der Waals surface area contributed by atoms with Gasteiger partial charge in [0.1, 0.15) is 0 Å². The van der Waals surface area contributed by atoms with Crippen LogP contribution in [-0.4, -0.2) is 43.3 Å². The third-order valence-electron chi connectivity index (χ3n) is 2.91. The third-order valence-corrected chi connectivity index (χ3v) is 4.24. The van der Waals surface area contributed by atoms with E-state index < -0.39 is 0 Å². The van der Waals surface area contributed by atoms with Crippen molar-refractivity contribution in [1.29, 1.82) is 0 Å². The van der Waals surface area contributed by atoms with Crippen molar-refractivity contribution in [2.45, 2.75) is 0 Å². The monoisotopic (exact) mass is 298 g/mol. The Hall–Kier alpha value is -1.04. The van der Waals surface area contributed by atoms with Crippen molar-refractivity contribution in [3.05, 3.63) is 34.9 Å². The molecule has 0 radical (unpaired) electrons. The number of thioether (sulfide) groups is 1. The summed E-state index contributed by atoms with van der Waals surface area (Å²) < 4.78 is 0. The first-order chi connectivity index (χ1) is 9.25. The predicted octanol–water partition coefficient (Wildman–Crippen LogP) is 0.422. The van der Waals surface area contributed by atoms with Gasteiger partial charge in [-0.1, -0.05) is 29.8 Å². The molecule has 0 bridgehead atoms. The zero-order valence-electron chi connectivity index (χ0n) is 10.6. The Morgan fingerprint density at radius 2 is 2.16 bits per heavy atom. The SMILES string of the molecule is O=C(C[NH+]1CCSCC1)N/N=C\c1ccccc1Cl. The van der Waals surface area contributed by atoms with Crippen LogP contribution >= 0.6 is 23.4 Å². The Balaban J connectivity index is 1.78. The number of benzene rings is 1. The number of nitrogens with one attached hydrogen (secondary N) is 2. The number of hydrogen-bond donors (Lipinski definition) is 2. The number of carbonyl (C=O) groups is 1. The van der Waals surface area contributed by atoms with Crippen LogP contribution in [0, 0.1) is 0 Å². The van der Waals surface area contributed by atoms with Gasteiger partial charge in [-0.25, -0.2) is 5.43 Å². The number of halogens is 1. The summed E-state index contributed by atoms with van der Waals surface area (Å²) in [5, 5.41) is 4.56. The van der Waals surface area contributed by atoms with Crippen molar-refractivity contribution < 1.29 is 9.69 Å². The lowest BCUT2D eigenvalue weighted by molar-refractivity contribution is -0.888. The van der Waals surface area contributed by atoms with Crippen molar-refractivity contribution in [3.8, 4) is 0 Å². The standard InChI is InChI=1S/C13H16ClN3OS/c14-12-4-2-1-3-11(12)9-15-16-13(18)10-17-5-7-19-8-6-17/h1-4,9H,5-8,10H2,(H,16,18)/p+1/b15-9-. The molecule has 1 saturated heterocycles. The van der Waals surface area contributed by atoms with E-state index >= 15 is 0 Å². The van der Waals surface area contributed by atoms with E-state index in [0.29, 0.717) is 11.6 Å². The Labute approximate surface area is 122 Å². The van der Waals surface area contributed by atoms with E-state index in [-0.39, 0.29) is 5.91 Å². The summed E-state index contributed by atoms with van der Waals surface area (Å²) in [5.74, 6) is 2.21. The topological polar surface area (TPSA) is 45.9 Å². The van der Waals surface area contributed by atoms with Crippen LogP contribution in [0.3, 0.4) is 0 Å². The molecule has 1 aliphatic heterocycles. The number of hydrogen-bond acceptors (Lipinski definition) is 3. The molecule has 19 heavy (non-hydrogen) atoms. The van der Waals surface area contributed by atoms with Gasteiger partial charge in [0.15, 0.2) is 6.54 Å². The minimum atomic E-state index is -0.0507. The summed E-state index contributed by atoms with van der Waals surface area (Å²) in [6.07, 6.45) is 1.57. The molecule has 1 amide bonds. The maximum Gasteiger partial charge on any atom is 0.295 e. The van der Waals surface area contributed by atoms with E-state index in [1.165, 1.54) is 4.90 Å². The van der Waals surface area contributed by atoms with Gasteiger partial charge < -0.3 is 4.90 Å². The molecule has 1 heterocycles. The second-order valence-electron chi connectivity index (χ2n) is 4.35. The fourth-order valence-electron chi connectivity index (χ4n) is 1.86. The highest BCUT2D eigenvalue weighted by Crippen LogP contribution is 2.11. The zero-order chi connectivity index (χ0) is 13.5. The largest absolute Gasteiger partial charge is 0.326 e. The van der Waals surface area contributed by atoms with Crippen molar-refractivity contribution in [1.82, 2.24) is 5.43 Å². The second-order valence-corrected chi connectivity index (χ2v) is 5.99. The number of amides is 1. The summed E-state index contributed by atoms with van der Waals surface area (Å²) >= 11 is 7.93. The first-order valence-electron chi connectivity index (χ1n) is 6.23. The van der Waals surface area contributed by atoms with Crippen LogP contribution in [0.2, 0.25) is 5.02 Å². The molecule has 102 valence electrons. The van der Waals surface area contributed by atoms with Crippen molar-refractivity contribution in [3.63, 3.8) is 0 Å². The van der Waals surface area contributed by atoms with Gasteiger partial charge in [0, 0.05) is 22.1 Å². The molecule has 1 aromatic carbocycles. The van der Waals surface area contributed by atoms with E-state index in [1.54, 1.807) is 12.3 Å². The summed E-state index contributed by atoms with van der Waals surface area (Å²) in [6, 6.07) is 7.38. The molecular formula is C13H17ClN3OS+. The van der Waals surface area contributed by atoms with Crippen LogP contribution in [-0.2, 0) is 4.79 Å². The maximum atomic E-state index is 11.7. The van der Waals surface area contributed by atoms with Crippen LogP contribution < -0.4 is 10.3 Å². The Morgan fingerprint density at radius 3 is 2.89 bits per heavy atom. The van der Waals surface area contributed by atoms with Crippen LogP contribution in [0.4, 0.5) is 0 Å². The first kappa shape index (κ1) is 14.4. The summed E-state index contributed by atoms with van der Waals surface area (Å²) in [7, 11) is 0. The summed E-state index contributed by atoms with van der Waals surface area (Å²) in [6.45, 7) is 2.58. The molecular weight excluding hydrogens is 282 g/mol. The van der Waals surface area contributed by atoms with E-state index in [4.69, 9.17) is 11.6 Å². The van der Waals surface area contributed by atoms with Crippen LogP contribution in [0.5, 0.6) is 0 Å². The van der Waals surface area contributed by atoms with E-state index in [1.807, 2.05) is 30.0 Å². The van der Waals surface area contributed by atoms with Crippen LogP contribution in [0.25, 0.3) is 0 Å². The van der Waals surface area contributed by atoms with Gasteiger partial charge >= 0.3 is 0 Å². The smallest absolute Gasteiger partial charge is 0.295 e. The van der Waals surface area contributed by atoms with Gasteiger partial charge in [-0.2, -0.15) is 16.9 Å². The number of hydrazone groups is 1. The first-order valence-corrected chi connectivity index (χ1v) is 7.77. The highest BCUT2D eigenvalue weighted by molar-refractivity contribution is 7.99. The lowest BCUT2D eigenvalue weighted by Crippen LogP contribution is -3.14. The fraction of sp³-hybridized carbons (Fsp3) is 0.385. The molecule has 0 atom stereocenters. The third kappa shape index (κ3) is 4.86. The van der Waals surface area contributed by atoms with E-state index in [9.17, 15) is 4.79 Å². The van der Waals surface area contributed by atoms with Crippen LogP contribution in [0.1, 0.15) is 5.56 Å². The van der Waals surface area contributed by atoms with Gasteiger partial charge in [0.2, 0.25) is 0 Å². The molecule has 0 aromatic heterocycles. The molecule has 2 rings (SSSR count). The average Bonchev–Trinajstić information content (AvgIpc) is 2.42. The minimum Gasteiger partial charge on any atom is -0.326 e. The lowest BCUT2D eigenvalue weighted by Gasteiger charge is -2.21. The number of nitrogens with zero attached hydrogens (tertiary/aromatic N) is 1. The maximum absolute atomic E-state index is 11.7. The molecule has 1 aliphatic rings. The molecule has 1 fully saturated rings. The predicted molar refractivity (Wildman–Crippen MR) is 80.1 cm³/mol.